The molecule has 0 amide bonds. The summed E-state index contributed by atoms with van der Waals surface area (Å²) in [4.78, 5) is 24.8. The number of fused-ring (bicyclic) bond motifs is 5. The van der Waals surface area contributed by atoms with Gasteiger partial charge in [-0.05, 0) is 81.6 Å². The van der Waals surface area contributed by atoms with E-state index in [9.17, 15) is 35.1 Å². The van der Waals surface area contributed by atoms with Crippen molar-refractivity contribution in [3.05, 3.63) is 11.6 Å². The fourth-order valence-electron chi connectivity index (χ4n) is 9.75. The summed E-state index contributed by atoms with van der Waals surface area (Å²) in [6, 6.07) is 0. The van der Waals surface area contributed by atoms with E-state index < -0.39 is 58.8 Å². The molecule has 5 N–H and O–H groups in total. The number of ether oxygens (including phenoxy) is 3. The molecule has 10 heteroatoms. The summed E-state index contributed by atoms with van der Waals surface area (Å²) in [5, 5.41) is 55.0. The van der Waals surface area contributed by atoms with E-state index in [-0.39, 0.29) is 36.8 Å². The zero-order valence-electron chi connectivity index (χ0n) is 22.7. The summed E-state index contributed by atoms with van der Waals surface area (Å²) < 4.78 is 16.9. The number of hydrogen-bond donors (Lipinski definition) is 5. The van der Waals surface area contributed by atoms with Gasteiger partial charge in [-0.1, -0.05) is 6.92 Å². The van der Waals surface area contributed by atoms with Gasteiger partial charge in [0, 0.05) is 17.9 Å². The summed E-state index contributed by atoms with van der Waals surface area (Å²) in [6.07, 6.45) is 0.689. The molecular weight excluding hydrogens is 508 g/mol. The Balaban J connectivity index is 1.22. The Morgan fingerprint density at radius 3 is 2.41 bits per heavy atom. The van der Waals surface area contributed by atoms with Crippen LogP contribution in [0.2, 0.25) is 0 Å². The molecule has 0 bridgehead atoms. The lowest BCUT2D eigenvalue weighted by Gasteiger charge is -2.65. The van der Waals surface area contributed by atoms with Crippen molar-refractivity contribution < 1.29 is 49.3 Å². The Bertz CT molecular complexity index is 1050. The summed E-state index contributed by atoms with van der Waals surface area (Å²) >= 11 is 0. The lowest BCUT2D eigenvalue weighted by Crippen LogP contribution is -2.69. The number of rotatable bonds is 4. The van der Waals surface area contributed by atoms with Crippen LogP contribution in [0.15, 0.2) is 11.6 Å². The maximum atomic E-state index is 13.0. The van der Waals surface area contributed by atoms with Crippen molar-refractivity contribution >= 4 is 12.3 Å². The van der Waals surface area contributed by atoms with Crippen molar-refractivity contribution in [2.24, 2.45) is 28.6 Å². The van der Waals surface area contributed by atoms with E-state index in [1.807, 2.05) is 0 Å². The van der Waals surface area contributed by atoms with Gasteiger partial charge in [0.25, 0.3) is 0 Å². The molecule has 0 radical (unpaired) electrons. The van der Waals surface area contributed by atoms with E-state index >= 15 is 0 Å². The highest BCUT2D eigenvalue weighted by atomic mass is 16.7. The minimum Gasteiger partial charge on any atom is -0.458 e. The molecule has 2 unspecified atom stereocenters. The van der Waals surface area contributed by atoms with Crippen LogP contribution in [0.3, 0.4) is 0 Å². The summed E-state index contributed by atoms with van der Waals surface area (Å²) in [6.45, 7) is 3.98. The standard InChI is InChI=1S/C29H42O10/c1-15-22(32)23(33)24(34)25(38-15)39-17-3-8-27(14-30)19-4-7-26(2)18(16-11-21(31)37-13-16)6-10-29(26,36)20(19)5-9-28(27,35)12-17/h11,14-15,17-20,22-25,32-36H,3-10,12-13H2,1-2H3/t15-,17-,18?,19?,20+,22-,23+,24+,25-,26+,27-,28-,29-/m0/s1. The molecule has 10 nitrogen and oxygen atoms in total. The van der Waals surface area contributed by atoms with Gasteiger partial charge in [0.1, 0.15) is 31.2 Å². The van der Waals surface area contributed by atoms with Crippen LogP contribution in [0, 0.1) is 28.6 Å². The van der Waals surface area contributed by atoms with Gasteiger partial charge in [-0.15, -0.1) is 0 Å². The molecule has 6 rings (SSSR count). The van der Waals surface area contributed by atoms with Gasteiger partial charge in [0.2, 0.25) is 0 Å². The van der Waals surface area contributed by atoms with Gasteiger partial charge in [-0.2, -0.15) is 0 Å². The molecule has 2 aliphatic heterocycles. The number of esters is 1. The number of carbonyl (C=O) groups excluding carboxylic acids is 2. The van der Waals surface area contributed by atoms with E-state index in [4.69, 9.17) is 14.2 Å². The average Bonchev–Trinajstić information content (AvgIpc) is 3.45. The smallest absolute Gasteiger partial charge is 0.331 e. The van der Waals surface area contributed by atoms with Crippen LogP contribution in [0.25, 0.3) is 0 Å². The third-order valence-electron chi connectivity index (χ3n) is 12.0. The van der Waals surface area contributed by atoms with Crippen molar-refractivity contribution in [1.29, 1.82) is 0 Å². The first-order valence-electron chi connectivity index (χ1n) is 14.5. The maximum Gasteiger partial charge on any atom is 0.331 e. The van der Waals surface area contributed by atoms with Crippen LogP contribution in [-0.4, -0.2) is 92.4 Å². The Labute approximate surface area is 228 Å². The average molecular weight is 551 g/mol. The summed E-state index contributed by atoms with van der Waals surface area (Å²) in [5.74, 6) is -0.616. The van der Waals surface area contributed by atoms with Crippen LogP contribution in [0.4, 0.5) is 0 Å². The molecule has 4 aliphatic carbocycles. The Morgan fingerprint density at radius 2 is 1.72 bits per heavy atom. The Kier molecular flexibility index (Phi) is 6.62. The molecular formula is C29H42O10. The van der Waals surface area contributed by atoms with Gasteiger partial charge < -0.3 is 44.5 Å². The highest BCUT2D eigenvalue weighted by molar-refractivity contribution is 5.85. The van der Waals surface area contributed by atoms with E-state index in [1.165, 1.54) is 0 Å². The van der Waals surface area contributed by atoms with E-state index in [1.54, 1.807) is 13.0 Å². The summed E-state index contributed by atoms with van der Waals surface area (Å²) in [5.41, 5.74) is -2.86. The fourth-order valence-corrected chi connectivity index (χ4v) is 9.75. The van der Waals surface area contributed by atoms with E-state index in [0.717, 1.165) is 18.3 Å². The first kappa shape index (κ1) is 27.8. The topological polar surface area (TPSA) is 163 Å². The number of cyclic esters (lactones) is 1. The first-order chi connectivity index (χ1) is 18.4. The van der Waals surface area contributed by atoms with Crippen LogP contribution < -0.4 is 0 Å². The van der Waals surface area contributed by atoms with Crippen molar-refractivity contribution in [2.45, 2.75) is 120 Å². The summed E-state index contributed by atoms with van der Waals surface area (Å²) in [7, 11) is 0. The minimum atomic E-state index is -1.43. The third-order valence-corrected chi connectivity index (χ3v) is 12.0. The molecule has 5 fully saturated rings. The second kappa shape index (κ2) is 9.31. The molecule has 0 aromatic rings. The molecule has 218 valence electrons. The van der Waals surface area contributed by atoms with Gasteiger partial charge in [-0.3, -0.25) is 0 Å². The Morgan fingerprint density at radius 1 is 0.974 bits per heavy atom. The molecule has 13 atom stereocenters. The molecule has 0 aromatic heterocycles. The van der Waals surface area contributed by atoms with E-state index in [0.29, 0.717) is 44.9 Å². The SMILES string of the molecule is C[C@@H]1O[C@@H](O[C@H]2CC[C@]3(C=O)C4CC[C@]5(C)C(C6=CC(=O)OC6)CC[C@]5(O)[C@@H]4CC[C@]3(O)C2)[C@H](O)[C@H](O)[C@H]1O. The fraction of sp³-hybridized carbons (Fsp3) is 0.862. The minimum absolute atomic E-state index is 0.0465. The van der Waals surface area contributed by atoms with Gasteiger partial charge in [0.05, 0.1) is 28.8 Å². The van der Waals surface area contributed by atoms with Crippen molar-refractivity contribution in [1.82, 2.24) is 0 Å². The highest BCUT2D eigenvalue weighted by Crippen LogP contribution is 2.70. The lowest BCUT2D eigenvalue weighted by atomic mass is 9.41. The van der Waals surface area contributed by atoms with Crippen LogP contribution in [0.1, 0.15) is 71.6 Å². The zero-order valence-corrected chi connectivity index (χ0v) is 22.7. The molecule has 6 aliphatic rings. The Hall–Kier alpha value is -1.40. The quantitative estimate of drug-likeness (QED) is 0.192. The van der Waals surface area contributed by atoms with Gasteiger partial charge in [-0.25, -0.2) is 4.79 Å². The van der Waals surface area contributed by atoms with Crippen molar-refractivity contribution in [3.63, 3.8) is 0 Å². The molecule has 39 heavy (non-hydrogen) atoms. The van der Waals surface area contributed by atoms with Crippen LogP contribution in [0.5, 0.6) is 0 Å². The number of aldehydes is 1. The maximum absolute atomic E-state index is 13.0. The third kappa shape index (κ3) is 3.78. The van der Waals surface area contributed by atoms with Crippen molar-refractivity contribution in [2.75, 3.05) is 6.61 Å². The first-order valence-corrected chi connectivity index (χ1v) is 14.5. The molecule has 4 saturated carbocycles. The van der Waals surface area contributed by atoms with Gasteiger partial charge >= 0.3 is 5.97 Å². The van der Waals surface area contributed by atoms with Crippen molar-refractivity contribution in [3.8, 4) is 0 Å². The molecule has 0 aromatic carbocycles. The predicted octanol–water partition coefficient (Wildman–Crippen LogP) is 0.750. The van der Waals surface area contributed by atoms with Crippen LogP contribution >= 0.6 is 0 Å². The normalized spacial score (nSPS) is 55.2. The largest absolute Gasteiger partial charge is 0.458 e. The second-order valence-corrected chi connectivity index (χ2v) is 13.4. The molecule has 0 spiro atoms. The molecule has 1 saturated heterocycles. The number of aliphatic hydroxyl groups excluding tert-OH is 3. The lowest BCUT2D eigenvalue weighted by molar-refractivity contribution is -0.317. The second-order valence-electron chi connectivity index (χ2n) is 13.4. The van der Waals surface area contributed by atoms with E-state index in [2.05, 4.69) is 6.92 Å². The number of aliphatic hydroxyl groups is 5. The number of carbonyl (C=O) groups is 2. The number of hydrogen-bond acceptors (Lipinski definition) is 10. The zero-order chi connectivity index (χ0) is 28.0. The predicted molar refractivity (Wildman–Crippen MR) is 135 cm³/mol. The highest BCUT2D eigenvalue weighted by Gasteiger charge is 2.71. The monoisotopic (exact) mass is 550 g/mol. The van der Waals surface area contributed by atoms with Crippen LogP contribution in [-0.2, 0) is 23.8 Å². The van der Waals surface area contributed by atoms with Gasteiger partial charge in [0.15, 0.2) is 6.29 Å². The molecule has 2 heterocycles.